The minimum atomic E-state index is 0.879. The highest BCUT2D eigenvalue weighted by atomic mass is 15.1. The van der Waals surface area contributed by atoms with Crippen molar-refractivity contribution in [3.63, 3.8) is 0 Å². The molecule has 0 aliphatic rings. The second-order valence-electron chi connectivity index (χ2n) is 6.13. The zero-order valence-corrected chi connectivity index (χ0v) is 15.3. The van der Waals surface area contributed by atoms with E-state index in [2.05, 4.69) is 86.2 Å². The maximum Gasteiger partial charge on any atom is 0.0440 e. The highest BCUT2D eigenvalue weighted by Crippen LogP contribution is 2.24. The van der Waals surface area contributed by atoms with Crippen molar-refractivity contribution < 1.29 is 0 Å². The quantitative estimate of drug-likeness (QED) is 0.727. The van der Waals surface area contributed by atoms with Gasteiger partial charge in [0.15, 0.2) is 0 Å². The first-order valence-electron chi connectivity index (χ1n) is 8.49. The third-order valence-electron chi connectivity index (χ3n) is 4.25. The SMILES string of the molecule is C=Cc1cc(CC)ccc1N(C)C/C(C)=C/c1ccccc1NC. The fourth-order valence-corrected chi connectivity index (χ4v) is 2.96. The first-order valence-corrected chi connectivity index (χ1v) is 8.49. The molecular formula is C22H28N2. The van der Waals surface area contributed by atoms with Gasteiger partial charge < -0.3 is 10.2 Å². The molecule has 0 bridgehead atoms. The van der Waals surface area contributed by atoms with Crippen molar-refractivity contribution in [1.82, 2.24) is 0 Å². The van der Waals surface area contributed by atoms with Crippen molar-refractivity contribution in [2.75, 3.05) is 30.9 Å². The molecule has 0 amide bonds. The van der Waals surface area contributed by atoms with Crippen LogP contribution in [0, 0.1) is 0 Å². The molecule has 0 aliphatic carbocycles. The van der Waals surface area contributed by atoms with Crippen LogP contribution < -0.4 is 10.2 Å². The fraction of sp³-hybridized carbons (Fsp3) is 0.273. The molecule has 24 heavy (non-hydrogen) atoms. The standard InChI is InChI=1S/C22H28N2/c1-6-18-12-13-22(19(7-2)15-18)24(5)16-17(3)14-20-10-8-9-11-21(20)23-4/h7-15,23H,2,6,16H2,1,3-5H3/b17-14+. The van der Waals surface area contributed by atoms with Gasteiger partial charge in [-0.25, -0.2) is 0 Å². The molecular weight excluding hydrogens is 292 g/mol. The normalized spacial score (nSPS) is 11.2. The van der Waals surface area contributed by atoms with Gasteiger partial charge in [0.25, 0.3) is 0 Å². The molecule has 2 aromatic carbocycles. The minimum absolute atomic E-state index is 0.879. The number of benzene rings is 2. The van der Waals surface area contributed by atoms with Crippen LogP contribution in [-0.4, -0.2) is 20.6 Å². The Kier molecular flexibility index (Phi) is 6.25. The predicted molar refractivity (Wildman–Crippen MR) is 109 cm³/mol. The Bertz CT molecular complexity index is 728. The molecule has 0 atom stereocenters. The van der Waals surface area contributed by atoms with Crippen molar-refractivity contribution in [3.8, 4) is 0 Å². The number of anilines is 2. The van der Waals surface area contributed by atoms with Gasteiger partial charge in [-0.05, 0) is 48.2 Å². The summed E-state index contributed by atoms with van der Waals surface area (Å²) in [6.45, 7) is 9.20. The number of rotatable bonds is 7. The van der Waals surface area contributed by atoms with Gasteiger partial charge in [0.2, 0.25) is 0 Å². The number of para-hydroxylation sites is 1. The molecule has 0 aliphatic heterocycles. The first kappa shape index (κ1) is 17.9. The largest absolute Gasteiger partial charge is 0.388 e. The number of nitrogens with one attached hydrogen (secondary N) is 1. The van der Waals surface area contributed by atoms with Gasteiger partial charge in [0, 0.05) is 32.0 Å². The molecule has 126 valence electrons. The zero-order valence-electron chi connectivity index (χ0n) is 15.3. The zero-order chi connectivity index (χ0) is 17.5. The van der Waals surface area contributed by atoms with Crippen LogP contribution in [0.4, 0.5) is 11.4 Å². The number of aryl methyl sites for hydroxylation is 1. The van der Waals surface area contributed by atoms with Gasteiger partial charge in [0.1, 0.15) is 0 Å². The predicted octanol–water partition coefficient (Wildman–Crippen LogP) is 5.47. The van der Waals surface area contributed by atoms with E-state index in [1.807, 2.05) is 13.1 Å². The summed E-state index contributed by atoms with van der Waals surface area (Å²) in [5.74, 6) is 0. The average molecular weight is 320 g/mol. The first-order chi connectivity index (χ1) is 11.6. The van der Waals surface area contributed by atoms with E-state index in [-0.39, 0.29) is 0 Å². The van der Waals surface area contributed by atoms with Crippen LogP contribution in [0.3, 0.4) is 0 Å². The van der Waals surface area contributed by atoms with Crippen molar-refractivity contribution in [2.45, 2.75) is 20.3 Å². The maximum absolute atomic E-state index is 3.97. The second kappa shape index (κ2) is 8.39. The van der Waals surface area contributed by atoms with Gasteiger partial charge in [0.05, 0.1) is 0 Å². The van der Waals surface area contributed by atoms with E-state index in [1.54, 1.807) is 0 Å². The van der Waals surface area contributed by atoms with E-state index >= 15 is 0 Å². The van der Waals surface area contributed by atoms with E-state index in [0.717, 1.165) is 18.7 Å². The molecule has 0 radical (unpaired) electrons. The molecule has 2 nitrogen and oxygen atoms in total. The topological polar surface area (TPSA) is 15.3 Å². The summed E-state index contributed by atoms with van der Waals surface area (Å²) in [7, 11) is 4.09. The lowest BCUT2D eigenvalue weighted by molar-refractivity contribution is 0.983. The molecule has 0 saturated carbocycles. The van der Waals surface area contributed by atoms with E-state index in [9.17, 15) is 0 Å². The van der Waals surface area contributed by atoms with E-state index in [0.29, 0.717) is 0 Å². The molecule has 0 unspecified atom stereocenters. The summed E-state index contributed by atoms with van der Waals surface area (Å²) in [4.78, 5) is 2.28. The number of nitrogens with zero attached hydrogens (tertiary/aromatic N) is 1. The van der Waals surface area contributed by atoms with Crippen LogP contribution >= 0.6 is 0 Å². The maximum atomic E-state index is 3.97. The molecule has 2 heteroatoms. The highest BCUT2D eigenvalue weighted by molar-refractivity contribution is 5.70. The Hall–Kier alpha value is -2.48. The van der Waals surface area contributed by atoms with Crippen molar-refractivity contribution >= 4 is 23.5 Å². The number of likely N-dealkylation sites (N-methyl/N-ethyl adjacent to an activating group) is 1. The fourth-order valence-electron chi connectivity index (χ4n) is 2.96. The summed E-state index contributed by atoms with van der Waals surface area (Å²) in [6.07, 6.45) is 5.24. The Morgan fingerprint density at radius 1 is 1.17 bits per heavy atom. The van der Waals surface area contributed by atoms with E-state index in [4.69, 9.17) is 0 Å². The van der Waals surface area contributed by atoms with Gasteiger partial charge in [-0.3, -0.25) is 0 Å². The Labute approximate surface area is 146 Å². The van der Waals surface area contributed by atoms with Crippen LogP contribution in [0.2, 0.25) is 0 Å². The lowest BCUT2D eigenvalue weighted by Gasteiger charge is -2.23. The summed E-state index contributed by atoms with van der Waals surface area (Å²) in [6, 6.07) is 15.0. The Morgan fingerprint density at radius 3 is 2.58 bits per heavy atom. The number of hydrogen-bond acceptors (Lipinski definition) is 2. The monoisotopic (exact) mass is 320 g/mol. The van der Waals surface area contributed by atoms with Gasteiger partial charge in [-0.1, -0.05) is 55.5 Å². The van der Waals surface area contributed by atoms with Crippen molar-refractivity contribution in [2.24, 2.45) is 0 Å². The van der Waals surface area contributed by atoms with Gasteiger partial charge in [-0.2, -0.15) is 0 Å². The molecule has 1 N–H and O–H groups in total. The van der Waals surface area contributed by atoms with Crippen LogP contribution in [0.1, 0.15) is 30.5 Å². The van der Waals surface area contributed by atoms with Gasteiger partial charge in [-0.15, -0.1) is 0 Å². The molecule has 0 saturated heterocycles. The smallest absolute Gasteiger partial charge is 0.0440 e. The van der Waals surface area contributed by atoms with Crippen LogP contribution in [0.25, 0.3) is 12.2 Å². The third kappa shape index (κ3) is 4.29. The van der Waals surface area contributed by atoms with E-state index in [1.165, 1.54) is 28.0 Å². The Morgan fingerprint density at radius 2 is 1.92 bits per heavy atom. The van der Waals surface area contributed by atoms with Crippen molar-refractivity contribution in [1.29, 1.82) is 0 Å². The molecule has 0 fully saturated rings. The summed E-state index contributed by atoms with van der Waals surface area (Å²) >= 11 is 0. The lowest BCUT2D eigenvalue weighted by Crippen LogP contribution is -2.20. The number of hydrogen-bond donors (Lipinski definition) is 1. The van der Waals surface area contributed by atoms with Crippen LogP contribution in [0.15, 0.2) is 54.6 Å². The second-order valence-corrected chi connectivity index (χ2v) is 6.13. The van der Waals surface area contributed by atoms with Crippen LogP contribution in [-0.2, 0) is 6.42 Å². The average Bonchev–Trinajstić information content (AvgIpc) is 2.61. The van der Waals surface area contributed by atoms with Crippen LogP contribution in [0.5, 0.6) is 0 Å². The van der Waals surface area contributed by atoms with E-state index < -0.39 is 0 Å². The summed E-state index contributed by atoms with van der Waals surface area (Å²) < 4.78 is 0. The lowest BCUT2D eigenvalue weighted by atomic mass is 10.0. The molecule has 2 aromatic rings. The third-order valence-corrected chi connectivity index (χ3v) is 4.25. The van der Waals surface area contributed by atoms with Crippen molar-refractivity contribution in [3.05, 3.63) is 71.3 Å². The Balaban J connectivity index is 2.21. The molecule has 0 aromatic heterocycles. The highest BCUT2D eigenvalue weighted by Gasteiger charge is 2.07. The molecule has 2 rings (SSSR count). The van der Waals surface area contributed by atoms with Gasteiger partial charge >= 0.3 is 0 Å². The molecule has 0 spiro atoms. The summed E-state index contributed by atoms with van der Waals surface area (Å²) in [5, 5.41) is 3.25. The summed E-state index contributed by atoms with van der Waals surface area (Å²) in [5.41, 5.74) is 7.44. The molecule has 0 heterocycles. The minimum Gasteiger partial charge on any atom is -0.388 e.